The van der Waals surface area contributed by atoms with E-state index >= 15 is 0 Å². The van der Waals surface area contributed by atoms with Crippen molar-refractivity contribution in [2.45, 2.75) is 279 Å². The van der Waals surface area contributed by atoms with Crippen molar-refractivity contribution in [3.05, 3.63) is 135 Å². The minimum Gasteiger partial charge on any atom is -0.469 e. The van der Waals surface area contributed by atoms with Crippen molar-refractivity contribution in [1.29, 1.82) is 1.34 Å². The number of aryl methyl sites for hydroxylation is 10. The number of nitrogens with zero attached hydrogens (tertiary/aromatic N) is 5. The third-order valence-corrected chi connectivity index (χ3v) is 25.7. The molecule has 0 saturated heterocycles. The Bertz CT molecular complexity index is 3660. The number of aromatic nitrogens is 5. The van der Waals surface area contributed by atoms with E-state index in [0.29, 0.717) is 62.3 Å². The fourth-order valence-corrected chi connectivity index (χ4v) is 16.6. The van der Waals surface area contributed by atoms with Gasteiger partial charge in [-0.2, -0.15) is 3.89 Å². The minimum atomic E-state index is -3.32. The normalized spacial score (nSPS) is 20.0. The van der Waals surface area contributed by atoms with Crippen molar-refractivity contribution < 1.29 is 122 Å². The van der Waals surface area contributed by atoms with Crippen molar-refractivity contribution in [3.8, 4) is 0 Å². The quantitative estimate of drug-likeness (QED) is 0.00984. The second-order valence-electron chi connectivity index (χ2n) is 32.0. The van der Waals surface area contributed by atoms with Gasteiger partial charge in [-0.15, -0.1) is 23.2 Å². The molecule has 0 spiro atoms. The van der Waals surface area contributed by atoms with Gasteiger partial charge in [0.05, 0.1) is 89.7 Å². The summed E-state index contributed by atoms with van der Waals surface area (Å²) in [5, 5.41) is 8.28. The van der Waals surface area contributed by atoms with Crippen molar-refractivity contribution in [3.63, 3.8) is 0 Å². The Hall–Kier alpha value is -4.97. The van der Waals surface area contributed by atoms with E-state index in [2.05, 4.69) is 85.4 Å². The number of aliphatic hydroxyl groups is 1. The van der Waals surface area contributed by atoms with Crippen LogP contribution >= 0.6 is 42.9 Å². The number of esters is 5. The first-order chi connectivity index (χ1) is 59.0. The molecule has 124 heavy (non-hydrogen) atoms. The number of aliphatic hydroxyl groups excluding tert-OH is 1. The predicted octanol–water partition coefficient (Wildman–Crippen LogP) is 19.3. The number of methoxy groups -OCH3 is 5. The number of fused-ring (bicyclic) bond motifs is 4. The first kappa shape index (κ1) is 115. The van der Waals surface area contributed by atoms with Gasteiger partial charge in [-0.1, -0.05) is 53.8 Å². The average Bonchev–Trinajstić information content (AvgIpc) is 0.852. The summed E-state index contributed by atoms with van der Waals surface area (Å²) >= 11 is 9.78. The van der Waals surface area contributed by atoms with E-state index < -0.39 is 19.2 Å². The molecule has 4 unspecified atom stereocenters. The number of hydrogen-bond donors (Lipinski definition) is 1. The van der Waals surface area contributed by atoms with Gasteiger partial charge in [-0.05, 0) is 303 Å². The second-order valence-corrected chi connectivity index (χ2v) is 35.7. The van der Waals surface area contributed by atoms with Gasteiger partial charge in [0.1, 0.15) is 0 Å². The van der Waals surface area contributed by atoms with E-state index in [9.17, 15) is 32.4 Å². The molecule has 4 fully saturated rings. The zero-order chi connectivity index (χ0) is 89.8. The summed E-state index contributed by atoms with van der Waals surface area (Å²) in [6.45, 7) is 11.3. The molecule has 5 aromatic heterocycles. The molecule has 7 aliphatic carbocycles. The third-order valence-electron chi connectivity index (χ3n) is 23.5. The Labute approximate surface area is 784 Å². The summed E-state index contributed by atoms with van der Waals surface area (Å²) in [6, 6.07) is 21.7. The van der Waals surface area contributed by atoms with Crippen LogP contribution in [0.2, 0.25) is 0 Å². The maximum Gasteiger partial charge on any atom is 0.344 e. The van der Waals surface area contributed by atoms with E-state index in [1.165, 1.54) is 191 Å². The van der Waals surface area contributed by atoms with Gasteiger partial charge in [0, 0.05) is 157 Å². The summed E-state index contributed by atoms with van der Waals surface area (Å²) < 4.78 is 82.8. The molecule has 23 nitrogen and oxygen atoms in total. The van der Waals surface area contributed by atoms with Crippen LogP contribution in [0.4, 0.5) is 3.89 Å². The number of halogens is 3. The molecule has 2 radical (unpaired) electrons. The molecular weight excluding hydrogens is 1890 g/mol. The van der Waals surface area contributed by atoms with Gasteiger partial charge >= 0.3 is 37.4 Å². The summed E-state index contributed by atoms with van der Waals surface area (Å²) in [5.41, 5.74) is 13.8. The Balaban J connectivity index is 0.00000152. The van der Waals surface area contributed by atoms with E-state index in [0.717, 1.165) is 164 Å². The fraction of sp³-hybridized carbons (Fsp3) is 0.681. The van der Waals surface area contributed by atoms with Crippen LogP contribution in [0, 0.1) is 72.5 Å². The summed E-state index contributed by atoms with van der Waals surface area (Å²) in [6.07, 6.45) is 41.6. The zero-order valence-corrected chi connectivity index (χ0v) is 82.4. The molecule has 4 saturated carbocycles. The number of alkyl halides is 2. The number of ether oxygens (including phenoxy) is 9. The van der Waals surface area contributed by atoms with Crippen LogP contribution in [-0.4, -0.2) is 195 Å². The molecule has 12 rings (SSSR count). The summed E-state index contributed by atoms with van der Waals surface area (Å²) in [5.74, 6) is 1.42. The van der Waals surface area contributed by atoms with Crippen LogP contribution in [0.5, 0.6) is 0 Å². The van der Waals surface area contributed by atoms with Crippen LogP contribution in [-0.2, 0) is 144 Å². The number of rotatable bonds is 35. The van der Waals surface area contributed by atoms with E-state index in [4.69, 9.17) is 77.8 Å². The number of carbonyl (C=O) groups is 5. The fourth-order valence-electron chi connectivity index (χ4n) is 15.5. The van der Waals surface area contributed by atoms with Crippen LogP contribution in [0.1, 0.15) is 242 Å². The zero-order valence-electron chi connectivity index (χ0n) is 76.0. The van der Waals surface area contributed by atoms with Gasteiger partial charge in [-0.25, -0.2) is 14.8 Å². The average molecular weight is 2040 g/mol. The maximum atomic E-state index is 11.5. The van der Waals surface area contributed by atoms with Crippen molar-refractivity contribution in [2.24, 2.45) is 41.4 Å². The molecule has 5 heterocycles. The van der Waals surface area contributed by atoms with Crippen molar-refractivity contribution in [2.75, 3.05) is 94.9 Å². The van der Waals surface area contributed by atoms with Gasteiger partial charge in [0.15, 0.2) is 11.3 Å². The molecule has 4 atom stereocenters. The van der Waals surface area contributed by atoms with Crippen LogP contribution < -0.4 is 0 Å². The van der Waals surface area contributed by atoms with Crippen molar-refractivity contribution in [1.82, 2.24) is 24.9 Å². The van der Waals surface area contributed by atoms with Gasteiger partial charge in [0.2, 0.25) is 0 Å². The maximum absolute atomic E-state index is 11.5. The van der Waals surface area contributed by atoms with E-state index in [1.807, 2.05) is 32.9 Å². The molecule has 7 aliphatic rings. The summed E-state index contributed by atoms with van der Waals surface area (Å²) in [4.78, 5) is 79.8. The number of hydrogen-bond acceptors (Lipinski definition) is 24. The van der Waals surface area contributed by atoms with Crippen LogP contribution in [0.15, 0.2) is 78.5 Å². The Morgan fingerprint density at radius 3 is 1.14 bits per heavy atom. The predicted molar refractivity (Wildman–Crippen MR) is 494 cm³/mol. The molecule has 0 aliphatic heterocycles. The van der Waals surface area contributed by atoms with Crippen LogP contribution in [0.3, 0.4) is 0 Å². The Morgan fingerprint density at radius 1 is 0.516 bits per heavy atom. The molecule has 0 bridgehead atoms. The van der Waals surface area contributed by atoms with Crippen LogP contribution in [0.25, 0.3) is 11.0 Å². The van der Waals surface area contributed by atoms with Crippen molar-refractivity contribution >= 4 is 92.2 Å². The molecule has 0 aromatic carbocycles. The Morgan fingerprint density at radius 2 is 0.823 bits per heavy atom. The van der Waals surface area contributed by atoms with Gasteiger partial charge in [0.25, 0.3) is 0 Å². The molecule has 30 heteroatoms. The molecule has 0 amide bonds. The number of pyridine rings is 5. The molecule has 5 aromatic rings. The standard InChI is InChI=1S/3C21H31NO3.C20H24N2O3.C6H13O5P.CH2Cl2.CH3FS.CH4O.2CH4.BH.U.H2/c3*1-15(21(23)24-2)11-12-25-19-13-16(14-19)7-9-18-10-8-17-5-3-4-6-20(17)22-18;1-14(20(23)24-2)9-11-25-18-12-15(13-18)5-7-17-8-6-16-4-3-10-21-19(16)22-17;1-5(6(7)9-2)12(8,10-3)11-4;2-1-3;1-3-2;1-2;;;;;/h3*8,10,15-16,19H,3-7,9,11-14H2,1-2H3;3-4,6,8-10,15,18H,5,7,11-13H2,1-2H3;5H,1-4H3;1H2;1H3;2H,1H3;2*1H4;1H;;1H/i;;;;;;;;;;1D;;. The summed E-state index contributed by atoms with van der Waals surface area (Å²) in [7, 11) is 10.8. The smallest absolute Gasteiger partial charge is 0.344 e. The number of carbonyl (C=O) groups excluding carboxylic acids is 5. The SMILES string of the molecule is C.C.CO.COC(=O)C(C)=CCOC1CC(CCc2ccc3cccnc3n2)C1.COC(=O)C(C)CCOC1CC(CCc2ccc3c(n2)CCCC3)C1.COC(=O)C(C)CCOC1CC(CCc2ccc3c(n2)CCCC3)C1.COC(=O)C(C)CCOC1CC(CCc2ccc3c(n2)CCCC3)C1.COC(=O)C(C)P(=O)(OC)OC.CSF.ClCCl.[2H][B].[HH].[U]. The first-order valence-electron chi connectivity index (χ1n) is 43.6. The Kier molecular flexibility index (Phi) is 61.6. The molecule has 1 N–H and O–H groups in total. The van der Waals surface area contributed by atoms with Gasteiger partial charge in [-0.3, -0.25) is 38.7 Å². The topological polar surface area (TPSA) is 289 Å². The monoisotopic (exact) mass is 2040 g/mol. The molecular formula is C94H150BCl2FN5O18PSU. The third kappa shape index (κ3) is 42.3. The largest absolute Gasteiger partial charge is 0.469 e. The van der Waals surface area contributed by atoms with E-state index in [1.54, 1.807) is 19.2 Å². The molecule has 698 valence electrons. The van der Waals surface area contributed by atoms with E-state index in [-0.39, 0.29) is 107 Å². The minimum absolute atomic E-state index is 0. The first-order valence-corrected chi connectivity index (χ1v) is 46.9. The second kappa shape index (κ2) is 66.4. The van der Waals surface area contributed by atoms with Gasteiger partial charge < -0.3 is 56.8 Å².